The molecule has 0 radical (unpaired) electrons. The lowest BCUT2D eigenvalue weighted by molar-refractivity contribution is -0.132. The molecule has 0 aromatic heterocycles. The van der Waals surface area contributed by atoms with Gasteiger partial charge in [-0.1, -0.05) is 13.2 Å². The Hall–Kier alpha value is -1.62. The molecule has 0 heterocycles. The minimum Gasteiger partial charge on any atom is -0.478 e. The summed E-state index contributed by atoms with van der Waals surface area (Å²) in [7, 11) is 6.00. The first-order chi connectivity index (χ1) is 6.27. The van der Waals surface area contributed by atoms with E-state index in [-0.39, 0.29) is 0 Å². The first kappa shape index (κ1) is 18.2. The Bertz CT molecular complexity index is 166. The molecular formula is C9H17NO4. The predicted molar refractivity (Wildman–Crippen MR) is 55.3 cm³/mol. The summed E-state index contributed by atoms with van der Waals surface area (Å²) >= 11 is 0. The molecule has 0 saturated carbocycles. The number of carboxylic acid groups (broad SMARTS) is 2. The third-order valence-corrected chi connectivity index (χ3v) is 0.349. The van der Waals surface area contributed by atoms with Gasteiger partial charge in [0.15, 0.2) is 0 Å². The van der Waals surface area contributed by atoms with Crippen molar-refractivity contribution < 1.29 is 19.8 Å². The van der Waals surface area contributed by atoms with Crippen LogP contribution in [0, 0.1) is 0 Å². The molecule has 0 spiro atoms. The van der Waals surface area contributed by atoms with E-state index < -0.39 is 11.9 Å². The zero-order chi connectivity index (χ0) is 12.1. The van der Waals surface area contributed by atoms with Crippen molar-refractivity contribution in [2.75, 3.05) is 21.1 Å². The average molecular weight is 203 g/mol. The number of carbonyl (C=O) groups is 2. The Labute approximate surface area is 84.0 Å². The molecule has 0 aromatic carbocycles. The molecule has 2 N–H and O–H groups in total. The van der Waals surface area contributed by atoms with Crippen molar-refractivity contribution in [2.45, 2.75) is 0 Å². The number of hydrogen-bond acceptors (Lipinski definition) is 3. The third-order valence-electron chi connectivity index (χ3n) is 0.349. The van der Waals surface area contributed by atoms with E-state index in [4.69, 9.17) is 10.2 Å². The fourth-order valence-corrected chi connectivity index (χ4v) is 0. The van der Waals surface area contributed by atoms with Crippen molar-refractivity contribution in [1.29, 1.82) is 0 Å². The standard InChI is InChI=1S/C3H9N.2C3H4O2/c1-4(2)3;2*1-2-3(4)5/h1-3H3;2*2H,1H2,(H,4,5). The minimum absolute atomic E-state index is 0.833. The molecule has 0 bridgehead atoms. The van der Waals surface area contributed by atoms with Crippen molar-refractivity contribution in [3.05, 3.63) is 25.3 Å². The molecule has 0 aliphatic rings. The predicted octanol–water partition coefficient (Wildman–Crippen LogP) is 0.692. The molecule has 0 aliphatic carbocycles. The second kappa shape index (κ2) is 13.9. The van der Waals surface area contributed by atoms with Gasteiger partial charge >= 0.3 is 11.9 Å². The maximum atomic E-state index is 9.25. The lowest BCUT2D eigenvalue weighted by atomic mass is 10.7. The van der Waals surface area contributed by atoms with E-state index in [0.29, 0.717) is 0 Å². The van der Waals surface area contributed by atoms with Crippen molar-refractivity contribution in [3.63, 3.8) is 0 Å². The van der Waals surface area contributed by atoms with Gasteiger partial charge in [0.1, 0.15) is 0 Å². The molecule has 0 atom stereocenters. The van der Waals surface area contributed by atoms with E-state index in [1.54, 1.807) is 0 Å². The second-order valence-corrected chi connectivity index (χ2v) is 2.43. The van der Waals surface area contributed by atoms with Crippen LogP contribution in [0.2, 0.25) is 0 Å². The van der Waals surface area contributed by atoms with Gasteiger partial charge in [0.2, 0.25) is 0 Å². The summed E-state index contributed by atoms with van der Waals surface area (Å²) in [6, 6.07) is 0. The van der Waals surface area contributed by atoms with Gasteiger partial charge < -0.3 is 15.1 Å². The lowest BCUT2D eigenvalue weighted by Gasteiger charge is -1.90. The molecule has 0 saturated heterocycles. The van der Waals surface area contributed by atoms with E-state index in [1.807, 2.05) is 26.0 Å². The van der Waals surface area contributed by atoms with E-state index in [2.05, 4.69) is 13.2 Å². The Kier molecular flexibility index (Phi) is 18.1. The molecule has 82 valence electrons. The highest BCUT2D eigenvalue weighted by Gasteiger charge is 1.73. The lowest BCUT2D eigenvalue weighted by Crippen LogP contribution is -1.99. The molecule has 0 aliphatic heterocycles. The third kappa shape index (κ3) is 161. The smallest absolute Gasteiger partial charge is 0.327 e. The molecular weight excluding hydrogens is 186 g/mol. The van der Waals surface area contributed by atoms with Crippen LogP contribution in [0.4, 0.5) is 0 Å². The molecule has 0 rings (SSSR count). The van der Waals surface area contributed by atoms with Gasteiger partial charge in [-0.2, -0.15) is 0 Å². The highest BCUT2D eigenvalue weighted by molar-refractivity contribution is 5.79. The van der Waals surface area contributed by atoms with Crippen molar-refractivity contribution in [3.8, 4) is 0 Å². The van der Waals surface area contributed by atoms with Crippen LogP contribution in [-0.2, 0) is 9.59 Å². The normalized spacial score (nSPS) is 7.14. The summed E-state index contributed by atoms with van der Waals surface area (Å²) in [5, 5.41) is 15.2. The zero-order valence-electron chi connectivity index (χ0n) is 8.73. The summed E-state index contributed by atoms with van der Waals surface area (Å²) in [6.45, 7) is 5.92. The number of nitrogens with zero attached hydrogens (tertiary/aromatic N) is 1. The molecule has 14 heavy (non-hydrogen) atoms. The van der Waals surface area contributed by atoms with Gasteiger partial charge in [0, 0.05) is 12.2 Å². The van der Waals surface area contributed by atoms with Gasteiger partial charge in [-0.05, 0) is 21.1 Å². The molecule has 0 aromatic rings. The zero-order valence-corrected chi connectivity index (χ0v) is 8.73. The van der Waals surface area contributed by atoms with Crippen LogP contribution in [-0.4, -0.2) is 48.2 Å². The van der Waals surface area contributed by atoms with Crippen LogP contribution in [0.25, 0.3) is 0 Å². The molecule has 5 nitrogen and oxygen atoms in total. The maximum absolute atomic E-state index is 9.25. The highest BCUT2D eigenvalue weighted by Crippen LogP contribution is 1.55. The summed E-state index contributed by atoms with van der Waals surface area (Å²) < 4.78 is 0. The molecule has 0 unspecified atom stereocenters. The van der Waals surface area contributed by atoms with E-state index in [0.717, 1.165) is 12.2 Å². The highest BCUT2D eigenvalue weighted by atomic mass is 16.4. The van der Waals surface area contributed by atoms with Crippen molar-refractivity contribution >= 4 is 11.9 Å². The van der Waals surface area contributed by atoms with Crippen LogP contribution in [0.15, 0.2) is 25.3 Å². The SMILES string of the molecule is C=CC(=O)O.C=CC(=O)O.CN(C)C. The average Bonchev–Trinajstić information content (AvgIpc) is 2.04. The number of carboxylic acids is 2. The van der Waals surface area contributed by atoms with E-state index in [9.17, 15) is 9.59 Å². The van der Waals surface area contributed by atoms with Crippen LogP contribution >= 0.6 is 0 Å². The van der Waals surface area contributed by atoms with Gasteiger partial charge in [-0.25, -0.2) is 9.59 Å². The molecule has 5 heteroatoms. The van der Waals surface area contributed by atoms with Crippen LogP contribution in [0.1, 0.15) is 0 Å². The summed E-state index contributed by atoms with van der Waals surface area (Å²) in [5.74, 6) is -1.96. The second-order valence-electron chi connectivity index (χ2n) is 2.43. The topological polar surface area (TPSA) is 77.8 Å². The maximum Gasteiger partial charge on any atom is 0.327 e. The van der Waals surface area contributed by atoms with Crippen LogP contribution in [0.3, 0.4) is 0 Å². The van der Waals surface area contributed by atoms with Gasteiger partial charge in [-0.15, -0.1) is 0 Å². The number of hydrogen-bond donors (Lipinski definition) is 2. The minimum atomic E-state index is -0.981. The fourth-order valence-electron chi connectivity index (χ4n) is 0. The summed E-state index contributed by atoms with van der Waals surface area (Å²) in [5.41, 5.74) is 0. The monoisotopic (exact) mass is 203 g/mol. The Balaban J connectivity index is -0.000000131. The summed E-state index contributed by atoms with van der Waals surface area (Å²) in [6.07, 6.45) is 1.67. The van der Waals surface area contributed by atoms with Crippen molar-refractivity contribution in [2.24, 2.45) is 0 Å². The molecule has 0 fully saturated rings. The number of aliphatic carboxylic acids is 2. The van der Waals surface area contributed by atoms with Gasteiger partial charge in [0.25, 0.3) is 0 Å². The summed E-state index contributed by atoms with van der Waals surface area (Å²) in [4.78, 5) is 20.5. The van der Waals surface area contributed by atoms with E-state index in [1.165, 1.54) is 0 Å². The van der Waals surface area contributed by atoms with E-state index >= 15 is 0 Å². The van der Waals surface area contributed by atoms with Gasteiger partial charge in [0.05, 0.1) is 0 Å². The fraction of sp³-hybridized carbons (Fsp3) is 0.333. The number of rotatable bonds is 2. The van der Waals surface area contributed by atoms with Crippen LogP contribution in [0.5, 0.6) is 0 Å². The Morgan fingerprint density at radius 3 is 1.07 bits per heavy atom. The molecule has 0 amide bonds. The van der Waals surface area contributed by atoms with Gasteiger partial charge in [-0.3, -0.25) is 0 Å². The van der Waals surface area contributed by atoms with Crippen molar-refractivity contribution in [1.82, 2.24) is 4.90 Å². The Morgan fingerprint density at radius 2 is 1.07 bits per heavy atom. The largest absolute Gasteiger partial charge is 0.478 e. The quantitative estimate of drug-likeness (QED) is 0.646. The van der Waals surface area contributed by atoms with Crippen LogP contribution < -0.4 is 0 Å². The Morgan fingerprint density at radius 1 is 1.00 bits per heavy atom. The first-order valence-corrected chi connectivity index (χ1v) is 3.59. The first-order valence-electron chi connectivity index (χ1n) is 3.59.